The lowest BCUT2D eigenvalue weighted by Gasteiger charge is -2.31. The second-order valence-electron chi connectivity index (χ2n) is 6.81. The summed E-state index contributed by atoms with van der Waals surface area (Å²) < 4.78 is 88.2. The Morgan fingerprint density at radius 2 is 1.79 bits per heavy atom. The maximum absolute atomic E-state index is 12.8. The maximum atomic E-state index is 12.8. The summed E-state index contributed by atoms with van der Waals surface area (Å²) in [6.45, 7) is -0.948. The van der Waals surface area contributed by atoms with Gasteiger partial charge in [0.05, 0.1) is 11.2 Å². The molecule has 164 valence electrons. The summed E-state index contributed by atoms with van der Waals surface area (Å²) in [6, 6.07) is 4.61. The van der Waals surface area contributed by atoms with Crippen molar-refractivity contribution in [1.82, 2.24) is 14.3 Å². The number of nitrogens with zero attached hydrogens (tertiary/aromatic N) is 1. The van der Waals surface area contributed by atoms with Gasteiger partial charge in [0.25, 0.3) is 5.91 Å². The second-order valence-corrected chi connectivity index (χ2v) is 10.6. The van der Waals surface area contributed by atoms with E-state index in [1.165, 1.54) is 4.31 Å². The Kier molecular flexibility index (Phi) is 7.30. The minimum Gasteiger partial charge on any atom is -0.343 e. The van der Waals surface area contributed by atoms with Crippen LogP contribution in [0.15, 0.2) is 29.2 Å². The van der Waals surface area contributed by atoms with Gasteiger partial charge in [-0.1, -0.05) is 0 Å². The SMILES string of the molecule is CS(=O)(=O)NCC1CCCN(S(=O)(=O)c2ccc(C(=O)NCC(F)(F)F)cc2)C1. The van der Waals surface area contributed by atoms with Crippen molar-refractivity contribution < 1.29 is 34.8 Å². The van der Waals surface area contributed by atoms with Crippen LogP contribution in [0.4, 0.5) is 13.2 Å². The third kappa shape index (κ3) is 7.24. The Morgan fingerprint density at radius 3 is 2.34 bits per heavy atom. The molecular weight excluding hydrogens is 435 g/mol. The number of carbonyl (C=O) groups excluding carboxylic acids is 1. The molecule has 8 nitrogen and oxygen atoms in total. The van der Waals surface area contributed by atoms with Gasteiger partial charge >= 0.3 is 6.18 Å². The van der Waals surface area contributed by atoms with Crippen LogP contribution < -0.4 is 10.0 Å². The average Bonchev–Trinajstić information content (AvgIpc) is 2.63. The number of carbonyl (C=O) groups is 1. The number of hydrogen-bond acceptors (Lipinski definition) is 5. The van der Waals surface area contributed by atoms with Gasteiger partial charge in [-0.15, -0.1) is 0 Å². The van der Waals surface area contributed by atoms with Gasteiger partial charge < -0.3 is 5.32 Å². The van der Waals surface area contributed by atoms with Crippen LogP contribution in [-0.2, 0) is 20.0 Å². The quantitative estimate of drug-likeness (QED) is 0.633. The number of piperidine rings is 1. The van der Waals surface area contributed by atoms with E-state index in [4.69, 9.17) is 0 Å². The molecule has 0 bridgehead atoms. The van der Waals surface area contributed by atoms with Crippen molar-refractivity contribution in [3.63, 3.8) is 0 Å². The van der Waals surface area contributed by atoms with Crippen LogP contribution >= 0.6 is 0 Å². The molecule has 1 amide bonds. The van der Waals surface area contributed by atoms with Crippen LogP contribution in [0.3, 0.4) is 0 Å². The summed E-state index contributed by atoms with van der Waals surface area (Å²) in [5.74, 6) is -1.14. The molecule has 1 aromatic rings. The summed E-state index contributed by atoms with van der Waals surface area (Å²) in [6.07, 6.45) is -2.29. The Morgan fingerprint density at radius 1 is 1.17 bits per heavy atom. The zero-order chi connectivity index (χ0) is 21.9. The normalized spacial score (nSPS) is 19.1. The smallest absolute Gasteiger partial charge is 0.343 e. The molecule has 1 heterocycles. The van der Waals surface area contributed by atoms with Gasteiger partial charge in [0.1, 0.15) is 6.54 Å². The minimum absolute atomic E-state index is 0.0953. The largest absolute Gasteiger partial charge is 0.405 e. The lowest BCUT2D eigenvalue weighted by Crippen LogP contribution is -2.43. The predicted molar refractivity (Wildman–Crippen MR) is 99.2 cm³/mol. The number of alkyl halides is 3. The average molecular weight is 457 g/mol. The summed E-state index contributed by atoms with van der Waals surface area (Å²) in [4.78, 5) is 11.6. The summed E-state index contributed by atoms with van der Waals surface area (Å²) in [5.41, 5.74) is -0.0953. The number of rotatable bonds is 7. The topological polar surface area (TPSA) is 113 Å². The Hall–Kier alpha value is -1.70. The van der Waals surface area contributed by atoms with Gasteiger partial charge in [-0.05, 0) is 43.0 Å². The molecule has 1 atom stereocenters. The molecule has 13 heteroatoms. The van der Waals surface area contributed by atoms with Crippen molar-refractivity contribution in [2.75, 3.05) is 32.4 Å². The Labute approximate surface area is 167 Å². The van der Waals surface area contributed by atoms with E-state index in [1.807, 2.05) is 0 Å². The van der Waals surface area contributed by atoms with E-state index in [-0.39, 0.29) is 36.0 Å². The highest BCUT2D eigenvalue weighted by Gasteiger charge is 2.31. The van der Waals surface area contributed by atoms with Gasteiger partial charge in [-0.3, -0.25) is 4.79 Å². The predicted octanol–water partition coefficient (Wildman–Crippen LogP) is 0.929. The van der Waals surface area contributed by atoms with Crippen LogP contribution in [0, 0.1) is 5.92 Å². The van der Waals surface area contributed by atoms with Crippen LogP contribution in [0.1, 0.15) is 23.2 Å². The first-order chi connectivity index (χ1) is 13.3. The molecule has 1 saturated heterocycles. The fourth-order valence-electron chi connectivity index (χ4n) is 2.89. The van der Waals surface area contributed by atoms with Crippen molar-refractivity contribution in [3.8, 4) is 0 Å². The first-order valence-corrected chi connectivity index (χ1v) is 12.0. The number of hydrogen-bond donors (Lipinski definition) is 2. The van der Waals surface area contributed by atoms with E-state index < -0.39 is 38.7 Å². The minimum atomic E-state index is -4.55. The molecule has 2 N–H and O–H groups in total. The van der Waals surface area contributed by atoms with Crippen LogP contribution in [0.2, 0.25) is 0 Å². The summed E-state index contributed by atoms with van der Waals surface area (Å²) in [7, 11) is -7.26. The van der Waals surface area contributed by atoms with E-state index in [0.717, 1.165) is 30.5 Å². The highest BCUT2D eigenvalue weighted by molar-refractivity contribution is 7.89. The van der Waals surface area contributed by atoms with Gasteiger partial charge in [-0.2, -0.15) is 17.5 Å². The molecular formula is C16H22F3N3O5S2. The van der Waals surface area contributed by atoms with Crippen molar-refractivity contribution in [2.45, 2.75) is 23.9 Å². The fraction of sp³-hybridized carbons (Fsp3) is 0.562. The lowest BCUT2D eigenvalue weighted by atomic mass is 10.0. The van der Waals surface area contributed by atoms with Crippen LogP contribution in [0.5, 0.6) is 0 Å². The molecule has 0 aliphatic carbocycles. The van der Waals surface area contributed by atoms with E-state index in [2.05, 4.69) is 4.72 Å². The van der Waals surface area contributed by atoms with E-state index in [9.17, 15) is 34.8 Å². The van der Waals surface area contributed by atoms with Gasteiger partial charge in [0.2, 0.25) is 20.0 Å². The molecule has 0 radical (unpaired) electrons. The van der Waals surface area contributed by atoms with Crippen molar-refractivity contribution >= 4 is 26.0 Å². The second kappa shape index (κ2) is 8.98. The molecule has 1 fully saturated rings. The molecule has 2 rings (SSSR count). The van der Waals surface area contributed by atoms with Crippen molar-refractivity contribution in [1.29, 1.82) is 0 Å². The molecule has 1 unspecified atom stereocenters. The number of benzene rings is 1. The first kappa shape index (κ1) is 23.6. The molecule has 0 saturated carbocycles. The molecule has 1 aromatic carbocycles. The summed E-state index contributed by atoms with van der Waals surface area (Å²) in [5, 5.41) is 1.71. The molecule has 0 aromatic heterocycles. The zero-order valence-corrected chi connectivity index (χ0v) is 17.2. The molecule has 1 aliphatic heterocycles. The van der Waals surface area contributed by atoms with Gasteiger partial charge in [0, 0.05) is 25.2 Å². The van der Waals surface area contributed by atoms with Crippen molar-refractivity contribution in [2.24, 2.45) is 5.92 Å². The number of sulfonamides is 2. The lowest BCUT2D eigenvalue weighted by molar-refractivity contribution is -0.123. The number of amides is 1. The van der Waals surface area contributed by atoms with E-state index in [0.29, 0.717) is 12.8 Å². The van der Waals surface area contributed by atoms with Crippen LogP contribution in [-0.4, -0.2) is 65.7 Å². The standard InChI is InChI=1S/C16H22F3N3O5S2/c1-28(24,25)21-9-12-3-2-8-22(10-12)29(26,27)14-6-4-13(5-7-14)15(23)20-11-16(17,18)19/h4-7,12,21H,2-3,8-11H2,1H3,(H,20,23). The zero-order valence-electron chi connectivity index (χ0n) is 15.6. The number of nitrogens with one attached hydrogen (secondary N) is 2. The van der Waals surface area contributed by atoms with E-state index in [1.54, 1.807) is 5.32 Å². The highest BCUT2D eigenvalue weighted by atomic mass is 32.2. The molecule has 1 aliphatic rings. The monoisotopic (exact) mass is 457 g/mol. The van der Waals surface area contributed by atoms with Gasteiger partial charge in [-0.25, -0.2) is 21.6 Å². The van der Waals surface area contributed by atoms with Gasteiger partial charge in [0.15, 0.2) is 0 Å². The highest BCUT2D eigenvalue weighted by Crippen LogP contribution is 2.24. The Bertz CT molecular complexity index is 932. The summed E-state index contributed by atoms with van der Waals surface area (Å²) >= 11 is 0. The molecule has 0 spiro atoms. The van der Waals surface area contributed by atoms with Crippen molar-refractivity contribution in [3.05, 3.63) is 29.8 Å². The third-order valence-corrected chi connectivity index (χ3v) is 6.89. The fourth-order valence-corrected chi connectivity index (χ4v) is 4.98. The third-order valence-electron chi connectivity index (χ3n) is 4.32. The van der Waals surface area contributed by atoms with Crippen LogP contribution in [0.25, 0.3) is 0 Å². The van der Waals surface area contributed by atoms with E-state index >= 15 is 0 Å². The molecule has 29 heavy (non-hydrogen) atoms. The number of halogens is 3. The maximum Gasteiger partial charge on any atom is 0.405 e. The Balaban J connectivity index is 2.05. The first-order valence-electron chi connectivity index (χ1n) is 8.68.